The van der Waals surface area contributed by atoms with Gasteiger partial charge in [0.15, 0.2) is 6.61 Å². The molecule has 1 amide bonds. The van der Waals surface area contributed by atoms with Crippen molar-refractivity contribution in [3.05, 3.63) is 29.8 Å². The highest BCUT2D eigenvalue weighted by molar-refractivity contribution is 6.01. The van der Waals surface area contributed by atoms with Gasteiger partial charge >= 0.3 is 11.9 Å². The predicted octanol–water partition coefficient (Wildman–Crippen LogP) is 3.32. The van der Waals surface area contributed by atoms with Gasteiger partial charge in [0, 0.05) is 6.42 Å². The maximum absolute atomic E-state index is 12.0. The maximum Gasteiger partial charge on any atom is 0.340 e. The Labute approximate surface area is 147 Å². The average Bonchev–Trinajstić information content (AvgIpc) is 2.61. The SMILES string of the molecule is CCOC(=O)c1ccccc1NC(=O)COC(=O)CC1CCCCC1. The zero-order valence-electron chi connectivity index (χ0n) is 14.6. The molecular formula is C19H25NO5. The molecule has 0 spiro atoms. The van der Waals surface area contributed by atoms with Crippen molar-refractivity contribution in [1.29, 1.82) is 0 Å². The lowest BCUT2D eigenvalue weighted by atomic mass is 9.87. The number of para-hydroxylation sites is 1. The molecule has 1 aromatic rings. The molecule has 6 heteroatoms. The molecular weight excluding hydrogens is 322 g/mol. The molecule has 1 aliphatic rings. The standard InChI is InChI=1S/C19H25NO5/c1-2-24-19(23)15-10-6-7-11-16(15)20-17(21)13-25-18(22)12-14-8-4-3-5-9-14/h6-7,10-11,14H,2-5,8-9,12-13H2,1H3,(H,20,21). The normalized spacial score (nSPS) is 14.6. The average molecular weight is 347 g/mol. The molecule has 1 aliphatic carbocycles. The molecule has 136 valence electrons. The van der Waals surface area contributed by atoms with Crippen LogP contribution in [0.1, 0.15) is 55.8 Å². The Bertz CT molecular complexity index is 608. The van der Waals surface area contributed by atoms with Crippen molar-refractivity contribution in [2.75, 3.05) is 18.5 Å². The molecule has 0 unspecified atom stereocenters. The molecule has 0 aromatic heterocycles. The summed E-state index contributed by atoms with van der Waals surface area (Å²) in [4.78, 5) is 35.7. The number of nitrogens with one attached hydrogen (secondary N) is 1. The number of carbonyl (C=O) groups is 3. The van der Waals surface area contributed by atoms with E-state index in [1.165, 1.54) is 6.42 Å². The summed E-state index contributed by atoms with van der Waals surface area (Å²) in [6, 6.07) is 6.57. The van der Waals surface area contributed by atoms with E-state index >= 15 is 0 Å². The monoisotopic (exact) mass is 347 g/mol. The third-order valence-electron chi connectivity index (χ3n) is 4.24. The molecule has 1 saturated carbocycles. The Kier molecular flexibility index (Phi) is 7.44. The second-order valence-corrected chi connectivity index (χ2v) is 6.18. The van der Waals surface area contributed by atoms with Gasteiger partial charge < -0.3 is 14.8 Å². The number of rotatable bonds is 7. The summed E-state index contributed by atoms with van der Waals surface area (Å²) >= 11 is 0. The fraction of sp³-hybridized carbons (Fsp3) is 0.526. The summed E-state index contributed by atoms with van der Waals surface area (Å²) in [5, 5.41) is 2.59. The van der Waals surface area contributed by atoms with E-state index in [1.807, 2.05) is 0 Å². The van der Waals surface area contributed by atoms with Crippen molar-refractivity contribution < 1.29 is 23.9 Å². The van der Waals surface area contributed by atoms with E-state index in [1.54, 1.807) is 31.2 Å². The van der Waals surface area contributed by atoms with Crippen molar-refractivity contribution in [1.82, 2.24) is 0 Å². The van der Waals surface area contributed by atoms with Crippen LogP contribution in [0.4, 0.5) is 5.69 Å². The first-order chi connectivity index (χ1) is 12.1. The highest BCUT2D eigenvalue weighted by Crippen LogP contribution is 2.26. The van der Waals surface area contributed by atoms with Gasteiger partial charge in [-0.3, -0.25) is 9.59 Å². The number of hydrogen-bond donors (Lipinski definition) is 1. The molecule has 0 aliphatic heterocycles. The molecule has 0 heterocycles. The molecule has 2 rings (SSSR count). The second-order valence-electron chi connectivity index (χ2n) is 6.18. The molecule has 6 nitrogen and oxygen atoms in total. The maximum atomic E-state index is 12.0. The molecule has 0 radical (unpaired) electrons. The van der Waals surface area contributed by atoms with Gasteiger partial charge in [0.1, 0.15) is 0 Å². The quantitative estimate of drug-likeness (QED) is 0.765. The van der Waals surface area contributed by atoms with Crippen LogP contribution in [0, 0.1) is 5.92 Å². The molecule has 25 heavy (non-hydrogen) atoms. The number of carbonyl (C=O) groups excluding carboxylic acids is 3. The van der Waals surface area contributed by atoms with Gasteiger partial charge in [-0.1, -0.05) is 31.4 Å². The lowest BCUT2D eigenvalue weighted by Crippen LogP contribution is -2.23. The van der Waals surface area contributed by atoms with Gasteiger partial charge in [0.2, 0.25) is 0 Å². The van der Waals surface area contributed by atoms with Gasteiger partial charge in [0.05, 0.1) is 17.9 Å². The van der Waals surface area contributed by atoms with Gasteiger partial charge in [-0.15, -0.1) is 0 Å². The number of benzene rings is 1. The smallest absolute Gasteiger partial charge is 0.340 e. The van der Waals surface area contributed by atoms with Crippen LogP contribution in [-0.4, -0.2) is 31.1 Å². The van der Waals surface area contributed by atoms with Crippen LogP contribution in [0.15, 0.2) is 24.3 Å². The van der Waals surface area contributed by atoms with Gasteiger partial charge in [-0.05, 0) is 37.8 Å². The summed E-state index contributed by atoms with van der Waals surface area (Å²) < 4.78 is 10.0. The van der Waals surface area contributed by atoms with Gasteiger partial charge in [-0.2, -0.15) is 0 Å². The van der Waals surface area contributed by atoms with Crippen LogP contribution in [0.3, 0.4) is 0 Å². The van der Waals surface area contributed by atoms with E-state index in [-0.39, 0.29) is 24.7 Å². The topological polar surface area (TPSA) is 81.7 Å². The second kappa shape index (κ2) is 9.81. The Morgan fingerprint density at radius 1 is 1.08 bits per heavy atom. The molecule has 1 N–H and O–H groups in total. The summed E-state index contributed by atoms with van der Waals surface area (Å²) in [6.07, 6.45) is 6.01. The number of esters is 2. The van der Waals surface area contributed by atoms with Gasteiger partial charge in [-0.25, -0.2) is 4.79 Å². The number of ether oxygens (including phenoxy) is 2. The fourth-order valence-electron chi connectivity index (χ4n) is 3.00. The van der Waals surface area contributed by atoms with Crippen LogP contribution in [0.25, 0.3) is 0 Å². The number of hydrogen-bond acceptors (Lipinski definition) is 5. The number of amides is 1. The fourth-order valence-corrected chi connectivity index (χ4v) is 3.00. The van der Waals surface area contributed by atoms with E-state index < -0.39 is 11.9 Å². The van der Waals surface area contributed by atoms with E-state index in [0.717, 1.165) is 25.7 Å². The van der Waals surface area contributed by atoms with E-state index in [9.17, 15) is 14.4 Å². The van der Waals surface area contributed by atoms with Crippen LogP contribution < -0.4 is 5.32 Å². The van der Waals surface area contributed by atoms with Crippen LogP contribution in [0.2, 0.25) is 0 Å². The van der Waals surface area contributed by atoms with E-state index in [2.05, 4.69) is 5.32 Å². The van der Waals surface area contributed by atoms with Gasteiger partial charge in [0.25, 0.3) is 5.91 Å². The lowest BCUT2D eigenvalue weighted by molar-refractivity contribution is -0.148. The van der Waals surface area contributed by atoms with E-state index in [0.29, 0.717) is 18.0 Å². The van der Waals surface area contributed by atoms with Crippen LogP contribution in [0.5, 0.6) is 0 Å². The van der Waals surface area contributed by atoms with E-state index in [4.69, 9.17) is 9.47 Å². The zero-order chi connectivity index (χ0) is 18.1. The summed E-state index contributed by atoms with van der Waals surface area (Å²) in [5.74, 6) is -0.962. The molecule has 0 atom stereocenters. The van der Waals surface area contributed by atoms with Crippen molar-refractivity contribution in [2.24, 2.45) is 5.92 Å². The Morgan fingerprint density at radius 2 is 1.80 bits per heavy atom. The summed E-state index contributed by atoms with van der Waals surface area (Å²) in [5.41, 5.74) is 0.612. The highest BCUT2D eigenvalue weighted by Gasteiger charge is 2.19. The molecule has 0 bridgehead atoms. The zero-order valence-corrected chi connectivity index (χ0v) is 14.6. The van der Waals surface area contributed by atoms with Crippen molar-refractivity contribution in [3.8, 4) is 0 Å². The minimum Gasteiger partial charge on any atom is -0.462 e. The molecule has 1 aromatic carbocycles. The first kappa shape index (κ1) is 19.0. The van der Waals surface area contributed by atoms with Crippen molar-refractivity contribution >= 4 is 23.5 Å². The first-order valence-electron chi connectivity index (χ1n) is 8.81. The minimum atomic E-state index is -0.507. The Morgan fingerprint density at radius 3 is 2.52 bits per heavy atom. The molecule has 1 fully saturated rings. The lowest BCUT2D eigenvalue weighted by Gasteiger charge is -2.20. The largest absolute Gasteiger partial charge is 0.462 e. The summed E-state index contributed by atoms with van der Waals surface area (Å²) in [7, 11) is 0. The van der Waals surface area contributed by atoms with Crippen molar-refractivity contribution in [3.63, 3.8) is 0 Å². The third-order valence-corrected chi connectivity index (χ3v) is 4.24. The molecule has 0 saturated heterocycles. The van der Waals surface area contributed by atoms with Crippen molar-refractivity contribution in [2.45, 2.75) is 45.4 Å². The third kappa shape index (κ3) is 6.21. The minimum absolute atomic E-state index is 0.250. The summed E-state index contributed by atoms with van der Waals surface area (Å²) in [6.45, 7) is 1.60. The predicted molar refractivity (Wildman–Crippen MR) is 93.2 cm³/mol. The van der Waals surface area contributed by atoms with Crippen LogP contribution in [-0.2, 0) is 19.1 Å². The highest BCUT2D eigenvalue weighted by atomic mass is 16.5. The Balaban J connectivity index is 1.82. The van der Waals surface area contributed by atoms with Crippen LogP contribution >= 0.6 is 0 Å². The Hall–Kier alpha value is -2.37. The number of anilines is 1. The first-order valence-corrected chi connectivity index (χ1v) is 8.81.